The first-order chi connectivity index (χ1) is 17.3. The van der Waals surface area contributed by atoms with Crippen LogP contribution in [0.2, 0.25) is 0 Å². The molecule has 1 unspecified atom stereocenters. The normalized spacial score (nSPS) is 10.4. The Morgan fingerprint density at radius 2 is 1.53 bits per heavy atom. The third-order valence-electron chi connectivity index (χ3n) is 5.03. The topological polar surface area (TPSA) is 66.3 Å². The molecule has 0 aliphatic carbocycles. The molecule has 0 heterocycles. The highest BCUT2D eigenvalue weighted by Gasteiger charge is 2.13. The van der Waals surface area contributed by atoms with Crippen LogP contribution in [0.3, 0.4) is 0 Å². The third-order valence-corrected chi connectivity index (χ3v) is 5.03. The zero-order valence-corrected chi connectivity index (χ0v) is 23.9. The smallest absolute Gasteiger partial charge is 0.163 e. The van der Waals surface area contributed by atoms with Crippen LogP contribution in [0.1, 0.15) is 85.8 Å². The molecular weight excluding hydrogens is 454 g/mol. The summed E-state index contributed by atoms with van der Waals surface area (Å²) in [5.41, 5.74) is 1.36. The summed E-state index contributed by atoms with van der Waals surface area (Å²) in [6.07, 6.45) is 4.02. The minimum Gasteiger partial charge on any atom is -0.493 e. The van der Waals surface area contributed by atoms with Crippen molar-refractivity contribution in [3.05, 3.63) is 46.4 Å². The second-order valence-corrected chi connectivity index (χ2v) is 8.13. The van der Waals surface area contributed by atoms with Crippen molar-refractivity contribution < 1.29 is 18.9 Å². The first-order valence-corrected chi connectivity index (χ1v) is 12.9. The first kappa shape index (κ1) is 32.8. The van der Waals surface area contributed by atoms with Crippen molar-refractivity contribution in [1.29, 1.82) is 0 Å². The van der Waals surface area contributed by atoms with Crippen molar-refractivity contribution in [3.63, 3.8) is 0 Å². The highest BCUT2D eigenvalue weighted by atomic mass is 16.5. The average molecular weight is 500 g/mol. The van der Waals surface area contributed by atoms with Crippen molar-refractivity contribution >= 4 is 5.69 Å². The second-order valence-electron chi connectivity index (χ2n) is 8.13. The third kappa shape index (κ3) is 11.5. The van der Waals surface area contributed by atoms with E-state index in [1.807, 2.05) is 40.7 Å². The Morgan fingerprint density at radius 3 is 2.00 bits per heavy atom. The Kier molecular flexibility index (Phi) is 17.4. The molecular formula is C30H45NO5. The monoisotopic (exact) mass is 499 g/mol. The molecule has 2 aromatic carbocycles. The van der Waals surface area contributed by atoms with E-state index in [1.54, 1.807) is 25.3 Å². The highest BCUT2D eigenvalue weighted by Crippen LogP contribution is 2.35. The first-order valence-electron chi connectivity index (χ1n) is 12.9. The molecule has 2 aromatic rings. The van der Waals surface area contributed by atoms with Crippen LogP contribution in [0.15, 0.2) is 35.5 Å². The molecule has 200 valence electrons. The van der Waals surface area contributed by atoms with Crippen molar-refractivity contribution in [2.45, 2.75) is 80.8 Å². The molecule has 0 saturated heterocycles. The van der Waals surface area contributed by atoms with Gasteiger partial charge in [-0.15, -0.1) is 4.91 Å². The number of benzene rings is 2. The van der Waals surface area contributed by atoms with Gasteiger partial charge in [-0.2, -0.15) is 0 Å². The lowest BCUT2D eigenvalue weighted by atomic mass is 10.0. The van der Waals surface area contributed by atoms with Crippen LogP contribution in [0.25, 0.3) is 0 Å². The van der Waals surface area contributed by atoms with E-state index in [-0.39, 0.29) is 11.8 Å². The lowest BCUT2D eigenvalue weighted by Gasteiger charge is -2.14. The fourth-order valence-corrected chi connectivity index (χ4v) is 3.09. The van der Waals surface area contributed by atoms with Crippen LogP contribution in [0.5, 0.6) is 23.0 Å². The summed E-state index contributed by atoms with van der Waals surface area (Å²) >= 11 is 0. The van der Waals surface area contributed by atoms with Gasteiger partial charge in [0, 0.05) is 17.7 Å². The minimum absolute atomic E-state index is 0.0633. The fourth-order valence-electron chi connectivity index (χ4n) is 3.09. The van der Waals surface area contributed by atoms with Gasteiger partial charge in [-0.3, -0.25) is 0 Å². The van der Waals surface area contributed by atoms with Crippen molar-refractivity contribution in [2.75, 3.05) is 20.8 Å². The standard InChI is InChI=1S/C21H23NO5.C7H16.C2H6/c1-6-26-20-11-15(8-10-18(20)24-4)7-9-16-12-19(25-5)21(27-14(2)3)13-17(16)22-23;1-4-6-7(3)5-2;1-2/h8,10-14H,6H2,1-5H3;7H,4-6H2,1-3H3;1-2H3. The molecule has 0 aromatic heterocycles. The maximum absolute atomic E-state index is 11.2. The molecule has 0 N–H and O–H groups in total. The quantitative estimate of drug-likeness (QED) is 0.242. The van der Waals surface area contributed by atoms with Crippen LogP contribution in [0, 0.1) is 22.7 Å². The van der Waals surface area contributed by atoms with E-state index in [2.05, 4.69) is 37.8 Å². The number of nitroso groups, excluding NO2 is 1. The Labute approximate surface area is 218 Å². The summed E-state index contributed by atoms with van der Waals surface area (Å²) in [5.74, 6) is 9.12. The number of methoxy groups -OCH3 is 2. The van der Waals surface area contributed by atoms with Crippen molar-refractivity contribution in [2.24, 2.45) is 11.1 Å². The maximum atomic E-state index is 11.2. The van der Waals surface area contributed by atoms with E-state index in [0.717, 1.165) is 11.5 Å². The summed E-state index contributed by atoms with van der Waals surface area (Å²) in [4.78, 5) is 11.2. The Balaban J connectivity index is 0.00000117. The van der Waals surface area contributed by atoms with Crippen LogP contribution in [-0.2, 0) is 0 Å². The van der Waals surface area contributed by atoms with Crippen molar-refractivity contribution in [3.8, 4) is 34.8 Å². The molecule has 0 amide bonds. The molecule has 0 bridgehead atoms. The van der Waals surface area contributed by atoms with Gasteiger partial charge in [0.1, 0.15) is 5.69 Å². The molecule has 1 atom stereocenters. The maximum Gasteiger partial charge on any atom is 0.163 e. The molecule has 0 aliphatic rings. The second kappa shape index (κ2) is 19.0. The van der Waals surface area contributed by atoms with E-state index >= 15 is 0 Å². The van der Waals surface area contributed by atoms with Crippen molar-refractivity contribution in [1.82, 2.24) is 0 Å². The van der Waals surface area contributed by atoms with E-state index in [0.29, 0.717) is 35.2 Å². The van der Waals surface area contributed by atoms with Gasteiger partial charge in [0.15, 0.2) is 23.0 Å². The molecule has 0 spiro atoms. The van der Waals surface area contributed by atoms with Gasteiger partial charge in [0.2, 0.25) is 0 Å². The number of hydrogen-bond donors (Lipinski definition) is 0. The summed E-state index contributed by atoms with van der Waals surface area (Å²) in [6, 6.07) is 8.57. The number of ether oxygens (including phenoxy) is 4. The SMILES string of the molecule is CC.CCCC(C)CC.CCOc1cc(C#Cc2cc(OC)c(OC(C)C)cc2N=O)ccc1OC. The van der Waals surface area contributed by atoms with E-state index in [9.17, 15) is 4.91 Å². The van der Waals surface area contributed by atoms with Gasteiger partial charge in [-0.05, 0) is 50.1 Å². The highest BCUT2D eigenvalue weighted by molar-refractivity contribution is 5.64. The van der Waals surface area contributed by atoms with E-state index in [4.69, 9.17) is 18.9 Å². The van der Waals surface area contributed by atoms with Crippen LogP contribution >= 0.6 is 0 Å². The fraction of sp³-hybridized carbons (Fsp3) is 0.533. The minimum atomic E-state index is -0.0633. The van der Waals surface area contributed by atoms with E-state index in [1.165, 1.54) is 32.4 Å². The molecule has 2 rings (SSSR count). The largest absolute Gasteiger partial charge is 0.493 e. The molecule has 0 radical (unpaired) electrons. The molecule has 6 nitrogen and oxygen atoms in total. The average Bonchev–Trinajstić information content (AvgIpc) is 2.89. The summed E-state index contributed by atoms with van der Waals surface area (Å²) in [6.45, 7) is 17.0. The van der Waals surface area contributed by atoms with Gasteiger partial charge >= 0.3 is 0 Å². The Hall–Kier alpha value is -3.20. The van der Waals surface area contributed by atoms with Crippen LogP contribution in [-0.4, -0.2) is 26.9 Å². The Morgan fingerprint density at radius 1 is 0.861 bits per heavy atom. The molecule has 0 saturated carbocycles. The lowest BCUT2D eigenvalue weighted by Crippen LogP contribution is -2.06. The van der Waals surface area contributed by atoms with Gasteiger partial charge in [-0.25, -0.2) is 0 Å². The number of nitrogens with zero attached hydrogens (tertiary/aromatic N) is 1. The van der Waals surface area contributed by atoms with Crippen LogP contribution in [0.4, 0.5) is 5.69 Å². The predicted octanol–water partition coefficient (Wildman–Crippen LogP) is 8.55. The predicted molar refractivity (Wildman–Crippen MR) is 150 cm³/mol. The summed E-state index contributed by atoms with van der Waals surface area (Å²) in [5, 5.41) is 3.07. The van der Waals surface area contributed by atoms with Gasteiger partial charge < -0.3 is 18.9 Å². The summed E-state index contributed by atoms with van der Waals surface area (Å²) in [7, 11) is 3.11. The zero-order chi connectivity index (χ0) is 27.5. The van der Waals surface area contributed by atoms with E-state index < -0.39 is 0 Å². The summed E-state index contributed by atoms with van der Waals surface area (Å²) < 4.78 is 21.8. The number of rotatable bonds is 10. The zero-order valence-electron chi connectivity index (χ0n) is 23.9. The van der Waals surface area contributed by atoms with Crippen LogP contribution < -0.4 is 18.9 Å². The van der Waals surface area contributed by atoms with Gasteiger partial charge in [-0.1, -0.05) is 65.7 Å². The molecule has 36 heavy (non-hydrogen) atoms. The molecule has 0 fully saturated rings. The van der Waals surface area contributed by atoms with Gasteiger partial charge in [0.25, 0.3) is 0 Å². The molecule has 6 heteroatoms. The molecule has 0 aliphatic heterocycles. The Bertz CT molecular complexity index is 960. The number of hydrogen-bond acceptors (Lipinski definition) is 6. The van der Waals surface area contributed by atoms with Gasteiger partial charge in [0.05, 0.1) is 32.5 Å². The lowest BCUT2D eigenvalue weighted by molar-refractivity contribution is 0.230.